The monoisotopic (exact) mass is 417 g/mol. The van der Waals surface area contributed by atoms with E-state index >= 15 is 0 Å². The van der Waals surface area contributed by atoms with Crippen molar-refractivity contribution in [3.63, 3.8) is 0 Å². The van der Waals surface area contributed by atoms with E-state index in [0.717, 1.165) is 21.7 Å². The van der Waals surface area contributed by atoms with Crippen LogP contribution < -0.4 is 5.32 Å². The van der Waals surface area contributed by atoms with Crippen LogP contribution in [0.4, 0.5) is 5.69 Å². The fourth-order valence-electron chi connectivity index (χ4n) is 3.20. The van der Waals surface area contributed by atoms with E-state index in [9.17, 15) is 9.59 Å². The minimum Gasteiger partial charge on any atom is -0.337 e. The van der Waals surface area contributed by atoms with Crippen LogP contribution in [0.1, 0.15) is 16.0 Å². The summed E-state index contributed by atoms with van der Waals surface area (Å²) in [6, 6.07) is 9.68. The maximum Gasteiger partial charge on any atom is 0.246 e. The number of nitrogens with zero attached hydrogens (tertiary/aromatic N) is 2. The third-order valence-electron chi connectivity index (χ3n) is 4.78. The standard InChI is InChI=1S/C21H24ClN3O2S/c1-15-4-3-5-16(2)21(15)23-19(26)14-24-10-12-25(13-11-24)20(27)9-7-17-6-8-18(22)28-17/h3-9H,10-14H2,1-2H3,(H,23,26)/b9-7+. The van der Waals surface area contributed by atoms with Gasteiger partial charge in [0.15, 0.2) is 0 Å². The first kappa shape index (κ1) is 20.6. The van der Waals surface area contributed by atoms with Gasteiger partial charge in [-0.25, -0.2) is 0 Å². The highest BCUT2D eigenvalue weighted by molar-refractivity contribution is 7.17. The maximum atomic E-state index is 12.4. The molecule has 7 heteroatoms. The summed E-state index contributed by atoms with van der Waals surface area (Å²) in [6.45, 7) is 6.92. The Labute approximate surface area is 174 Å². The lowest BCUT2D eigenvalue weighted by Gasteiger charge is -2.33. The molecule has 0 unspecified atom stereocenters. The van der Waals surface area contributed by atoms with Crippen molar-refractivity contribution in [1.82, 2.24) is 9.80 Å². The molecule has 0 radical (unpaired) electrons. The predicted molar refractivity (Wildman–Crippen MR) is 116 cm³/mol. The number of carbonyl (C=O) groups is 2. The average molecular weight is 418 g/mol. The number of hydrogen-bond donors (Lipinski definition) is 1. The number of para-hydroxylation sites is 1. The van der Waals surface area contributed by atoms with Crippen LogP contribution >= 0.6 is 22.9 Å². The lowest BCUT2D eigenvalue weighted by atomic mass is 10.1. The lowest BCUT2D eigenvalue weighted by molar-refractivity contribution is -0.127. The van der Waals surface area contributed by atoms with Crippen LogP contribution in [0.15, 0.2) is 36.4 Å². The molecule has 0 spiro atoms. The molecule has 0 aliphatic carbocycles. The van der Waals surface area contributed by atoms with Crippen LogP contribution in [0, 0.1) is 13.8 Å². The molecule has 3 rings (SSSR count). The number of amides is 2. The normalized spacial score (nSPS) is 15.2. The molecule has 2 amide bonds. The van der Waals surface area contributed by atoms with Crippen LogP contribution in [0.3, 0.4) is 0 Å². The highest BCUT2D eigenvalue weighted by Crippen LogP contribution is 2.22. The van der Waals surface area contributed by atoms with Gasteiger partial charge in [-0.1, -0.05) is 29.8 Å². The number of carbonyl (C=O) groups excluding carboxylic acids is 2. The van der Waals surface area contributed by atoms with Crippen molar-refractivity contribution in [2.45, 2.75) is 13.8 Å². The summed E-state index contributed by atoms with van der Waals surface area (Å²) >= 11 is 7.34. The number of piperazine rings is 1. The van der Waals surface area contributed by atoms with Crippen LogP contribution in [0.5, 0.6) is 0 Å². The van der Waals surface area contributed by atoms with Gasteiger partial charge in [-0.3, -0.25) is 14.5 Å². The molecule has 0 saturated carbocycles. The molecule has 1 fully saturated rings. The first-order valence-corrected chi connectivity index (χ1v) is 10.4. The lowest BCUT2D eigenvalue weighted by Crippen LogP contribution is -2.50. The second kappa shape index (κ2) is 9.37. The molecular formula is C21H24ClN3O2S. The molecule has 148 valence electrons. The molecule has 1 aliphatic rings. The summed E-state index contributed by atoms with van der Waals surface area (Å²) in [5, 5.41) is 3.02. The van der Waals surface area contributed by atoms with Crippen LogP contribution in [-0.4, -0.2) is 54.3 Å². The Hall–Kier alpha value is -2.15. The number of halogens is 1. The zero-order valence-electron chi connectivity index (χ0n) is 16.1. The Bertz CT molecular complexity index is 865. The Morgan fingerprint density at radius 2 is 1.79 bits per heavy atom. The van der Waals surface area contributed by atoms with Crippen molar-refractivity contribution in [3.8, 4) is 0 Å². The van der Waals surface area contributed by atoms with Crippen molar-refractivity contribution in [2.75, 3.05) is 38.0 Å². The van der Waals surface area contributed by atoms with E-state index in [1.165, 1.54) is 11.3 Å². The van der Waals surface area contributed by atoms with Crippen LogP contribution in [0.2, 0.25) is 4.34 Å². The predicted octanol–water partition coefficient (Wildman–Crippen LogP) is 3.81. The minimum atomic E-state index is -0.0216. The first-order valence-electron chi connectivity index (χ1n) is 9.23. The Morgan fingerprint density at radius 3 is 2.39 bits per heavy atom. The molecule has 0 atom stereocenters. The number of hydrogen-bond acceptors (Lipinski definition) is 4. The first-order chi connectivity index (χ1) is 13.4. The van der Waals surface area contributed by atoms with Gasteiger partial charge in [-0.05, 0) is 43.2 Å². The SMILES string of the molecule is Cc1cccc(C)c1NC(=O)CN1CCN(C(=O)/C=C/c2ccc(Cl)s2)CC1. The summed E-state index contributed by atoms with van der Waals surface area (Å²) in [4.78, 5) is 29.6. The van der Waals surface area contributed by atoms with E-state index in [4.69, 9.17) is 11.6 Å². The number of rotatable bonds is 5. The van der Waals surface area contributed by atoms with Gasteiger partial charge in [-0.15, -0.1) is 11.3 Å². The minimum absolute atomic E-state index is 0.0100. The molecule has 5 nitrogen and oxygen atoms in total. The Kier molecular flexibility index (Phi) is 6.88. The van der Waals surface area contributed by atoms with Crippen LogP contribution in [0.25, 0.3) is 6.08 Å². The Morgan fingerprint density at radius 1 is 1.11 bits per heavy atom. The molecule has 2 aromatic rings. The molecule has 1 saturated heterocycles. The fraction of sp³-hybridized carbons (Fsp3) is 0.333. The molecular weight excluding hydrogens is 394 g/mol. The second-order valence-corrected chi connectivity index (χ2v) is 8.64. The fourth-order valence-corrected chi connectivity index (χ4v) is 4.16. The number of benzene rings is 1. The smallest absolute Gasteiger partial charge is 0.246 e. The average Bonchev–Trinajstić information content (AvgIpc) is 3.09. The van der Waals surface area contributed by atoms with Gasteiger partial charge in [0.2, 0.25) is 11.8 Å². The van der Waals surface area contributed by atoms with E-state index in [1.54, 1.807) is 12.2 Å². The Balaban J connectivity index is 1.46. The summed E-state index contributed by atoms with van der Waals surface area (Å²) in [5.74, 6) is -0.0317. The molecule has 0 bridgehead atoms. The quantitative estimate of drug-likeness (QED) is 0.752. The second-order valence-electron chi connectivity index (χ2n) is 6.89. The molecule has 2 heterocycles. The zero-order valence-corrected chi connectivity index (χ0v) is 17.6. The van der Waals surface area contributed by atoms with Gasteiger partial charge in [0.25, 0.3) is 0 Å². The van der Waals surface area contributed by atoms with Crippen molar-refractivity contribution < 1.29 is 9.59 Å². The maximum absolute atomic E-state index is 12.4. The topological polar surface area (TPSA) is 52.7 Å². The molecule has 1 aromatic heterocycles. The van der Waals surface area contributed by atoms with E-state index in [2.05, 4.69) is 10.2 Å². The summed E-state index contributed by atoms with van der Waals surface area (Å²) in [7, 11) is 0. The van der Waals surface area contributed by atoms with E-state index in [1.807, 2.05) is 49.1 Å². The van der Waals surface area contributed by atoms with Gasteiger partial charge in [0.1, 0.15) is 0 Å². The number of anilines is 1. The van der Waals surface area contributed by atoms with Crippen molar-refractivity contribution in [1.29, 1.82) is 0 Å². The van der Waals surface area contributed by atoms with E-state index in [-0.39, 0.29) is 11.8 Å². The van der Waals surface area contributed by atoms with E-state index in [0.29, 0.717) is 37.1 Å². The molecule has 28 heavy (non-hydrogen) atoms. The summed E-state index contributed by atoms with van der Waals surface area (Å²) < 4.78 is 0.708. The van der Waals surface area contributed by atoms with Crippen molar-refractivity contribution in [3.05, 3.63) is 56.7 Å². The summed E-state index contributed by atoms with van der Waals surface area (Å²) in [5.41, 5.74) is 3.00. The highest BCUT2D eigenvalue weighted by Gasteiger charge is 2.21. The summed E-state index contributed by atoms with van der Waals surface area (Å²) in [6.07, 6.45) is 3.38. The van der Waals surface area contributed by atoms with Gasteiger partial charge in [0.05, 0.1) is 10.9 Å². The molecule has 1 aromatic carbocycles. The van der Waals surface area contributed by atoms with E-state index < -0.39 is 0 Å². The number of nitrogens with one attached hydrogen (secondary N) is 1. The number of aryl methyl sites for hydroxylation is 2. The van der Waals surface area contributed by atoms with Gasteiger partial charge in [-0.2, -0.15) is 0 Å². The zero-order chi connectivity index (χ0) is 20.1. The third-order valence-corrected chi connectivity index (χ3v) is 5.98. The van der Waals surface area contributed by atoms with Gasteiger partial charge in [0, 0.05) is 42.8 Å². The highest BCUT2D eigenvalue weighted by atomic mass is 35.5. The number of thiophene rings is 1. The van der Waals surface area contributed by atoms with Gasteiger partial charge < -0.3 is 10.2 Å². The molecule has 1 N–H and O–H groups in total. The van der Waals surface area contributed by atoms with Crippen LogP contribution in [-0.2, 0) is 9.59 Å². The van der Waals surface area contributed by atoms with Gasteiger partial charge >= 0.3 is 0 Å². The van der Waals surface area contributed by atoms with Crippen molar-refractivity contribution in [2.24, 2.45) is 0 Å². The largest absolute Gasteiger partial charge is 0.337 e. The molecule has 1 aliphatic heterocycles. The van der Waals surface area contributed by atoms with Crippen molar-refractivity contribution >= 4 is 46.5 Å². The third kappa shape index (κ3) is 5.44.